The highest BCUT2D eigenvalue weighted by Gasteiger charge is 2.42. The third-order valence-electron chi connectivity index (χ3n) is 2.84. The average molecular weight is 190 g/mol. The van der Waals surface area contributed by atoms with Gasteiger partial charge in [-0.1, -0.05) is 20.3 Å². The predicted molar refractivity (Wildman–Crippen MR) is 57.7 cm³/mol. The van der Waals surface area contributed by atoms with E-state index in [2.05, 4.69) is 32.5 Å². The fourth-order valence-electron chi connectivity index (χ4n) is 1.89. The van der Waals surface area contributed by atoms with Gasteiger partial charge in [-0.05, 0) is 25.0 Å². The third kappa shape index (κ3) is 1.72. The summed E-state index contributed by atoms with van der Waals surface area (Å²) in [5.41, 5.74) is 0. The number of thiol groups is 1. The van der Waals surface area contributed by atoms with Crippen LogP contribution in [0.1, 0.15) is 33.6 Å². The minimum Gasteiger partial charge on any atom is -0.171 e. The van der Waals surface area contributed by atoms with Gasteiger partial charge < -0.3 is 0 Å². The molecule has 1 aliphatic rings. The van der Waals surface area contributed by atoms with E-state index in [1.165, 1.54) is 18.6 Å². The van der Waals surface area contributed by atoms with Crippen molar-refractivity contribution in [2.24, 2.45) is 5.92 Å². The fourth-order valence-corrected chi connectivity index (χ4v) is 4.51. The zero-order valence-electron chi connectivity index (χ0n) is 7.63. The maximum atomic E-state index is 4.78. The van der Waals surface area contributed by atoms with Crippen molar-refractivity contribution in [2.45, 2.75) is 43.6 Å². The molecule has 11 heavy (non-hydrogen) atoms. The second-order valence-corrected chi connectivity index (χ2v) is 5.76. The Morgan fingerprint density at radius 1 is 1.45 bits per heavy atom. The van der Waals surface area contributed by atoms with E-state index in [4.69, 9.17) is 12.6 Å². The Labute approximate surface area is 79.9 Å². The van der Waals surface area contributed by atoms with Crippen molar-refractivity contribution in [2.75, 3.05) is 5.75 Å². The lowest BCUT2D eigenvalue weighted by Gasteiger charge is -2.29. The average Bonchev–Trinajstić information content (AvgIpc) is 2.24. The van der Waals surface area contributed by atoms with Crippen LogP contribution in [0.5, 0.6) is 0 Å². The smallest absolute Gasteiger partial charge is 0.0256 e. The summed E-state index contributed by atoms with van der Waals surface area (Å²) in [4.78, 5) is 0. The highest BCUT2D eigenvalue weighted by Crippen LogP contribution is 2.47. The van der Waals surface area contributed by atoms with Gasteiger partial charge in [-0.3, -0.25) is 0 Å². The van der Waals surface area contributed by atoms with Crippen LogP contribution >= 0.6 is 24.4 Å². The maximum absolute atomic E-state index is 4.78. The summed E-state index contributed by atoms with van der Waals surface area (Å²) >= 11 is 6.88. The summed E-state index contributed by atoms with van der Waals surface area (Å²) < 4.78 is 0.286. The van der Waals surface area contributed by atoms with E-state index in [9.17, 15) is 0 Å². The molecule has 0 nitrogen and oxygen atoms in total. The van der Waals surface area contributed by atoms with E-state index >= 15 is 0 Å². The first-order chi connectivity index (χ1) is 5.12. The van der Waals surface area contributed by atoms with Crippen LogP contribution in [0.2, 0.25) is 0 Å². The molecule has 1 rings (SSSR count). The SMILES string of the molecule is CCC1CSC(CC)[C@@]1(C)S. The first kappa shape index (κ1) is 9.79. The molecule has 0 aromatic rings. The molecular weight excluding hydrogens is 172 g/mol. The fraction of sp³-hybridized carbons (Fsp3) is 1.00. The van der Waals surface area contributed by atoms with Crippen molar-refractivity contribution >= 4 is 24.4 Å². The van der Waals surface area contributed by atoms with Gasteiger partial charge in [-0.25, -0.2) is 0 Å². The number of thioether (sulfide) groups is 1. The largest absolute Gasteiger partial charge is 0.171 e. The van der Waals surface area contributed by atoms with Gasteiger partial charge in [0, 0.05) is 10.00 Å². The summed E-state index contributed by atoms with van der Waals surface area (Å²) in [6, 6.07) is 0. The van der Waals surface area contributed by atoms with Gasteiger partial charge in [0.2, 0.25) is 0 Å². The summed E-state index contributed by atoms with van der Waals surface area (Å²) in [6.45, 7) is 6.85. The lowest BCUT2D eigenvalue weighted by Crippen LogP contribution is -2.33. The third-order valence-corrected chi connectivity index (χ3v) is 5.51. The lowest BCUT2D eigenvalue weighted by molar-refractivity contribution is 0.436. The molecule has 0 amide bonds. The molecule has 0 spiro atoms. The zero-order valence-corrected chi connectivity index (χ0v) is 9.34. The van der Waals surface area contributed by atoms with E-state index in [1.54, 1.807) is 0 Å². The van der Waals surface area contributed by atoms with Crippen molar-refractivity contribution in [1.29, 1.82) is 0 Å². The molecule has 0 aromatic heterocycles. The summed E-state index contributed by atoms with van der Waals surface area (Å²) in [5.74, 6) is 2.13. The van der Waals surface area contributed by atoms with Crippen LogP contribution in [0.3, 0.4) is 0 Å². The van der Waals surface area contributed by atoms with Crippen LogP contribution in [0.4, 0.5) is 0 Å². The van der Waals surface area contributed by atoms with Gasteiger partial charge in [-0.2, -0.15) is 24.4 Å². The Morgan fingerprint density at radius 2 is 2.09 bits per heavy atom. The monoisotopic (exact) mass is 190 g/mol. The summed E-state index contributed by atoms with van der Waals surface area (Å²) in [6.07, 6.45) is 2.55. The number of rotatable bonds is 2. The van der Waals surface area contributed by atoms with Gasteiger partial charge in [0.25, 0.3) is 0 Å². The Morgan fingerprint density at radius 3 is 2.36 bits per heavy atom. The van der Waals surface area contributed by atoms with E-state index < -0.39 is 0 Å². The Kier molecular flexibility index (Phi) is 3.21. The normalized spacial score (nSPS) is 44.7. The number of hydrogen-bond donors (Lipinski definition) is 1. The van der Waals surface area contributed by atoms with Crippen molar-refractivity contribution in [3.05, 3.63) is 0 Å². The van der Waals surface area contributed by atoms with E-state index in [-0.39, 0.29) is 4.75 Å². The first-order valence-corrected chi connectivity index (χ1v) is 5.96. The molecule has 0 N–H and O–H groups in total. The van der Waals surface area contributed by atoms with Crippen LogP contribution in [-0.2, 0) is 0 Å². The molecular formula is C9H18S2. The Bertz CT molecular complexity index is 118. The highest BCUT2D eigenvalue weighted by atomic mass is 32.2. The highest BCUT2D eigenvalue weighted by molar-refractivity contribution is 8.01. The van der Waals surface area contributed by atoms with Gasteiger partial charge >= 0.3 is 0 Å². The molecule has 1 saturated heterocycles. The number of hydrogen-bond acceptors (Lipinski definition) is 2. The van der Waals surface area contributed by atoms with Crippen molar-refractivity contribution in [1.82, 2.24) is 0 Å². The molecule has 2 unspecified atom stereocenters. The quantitative estimate of drug-likeness (QED) is 0.652. The Balaban J connectivity index is 2.64. The van der Waals surface area contributed by atoms with Gasteiger partial charge in [0.1, 0.15) is 0 Å². The molecule has 1 aliphatic heterocycles. The second kappa shape index (κ2) is 3.61. The van der Waals surface area contributed by atoms with Gasteiger partial charge in [0.05, 0.1) is 0 Å². The van der Waals surface area contributed by atoms with Gasteiger partial charge in [-0.15, -0.1) is 0 Å². The molecule has 2 heteroatoms. The zero-order chi connectivity index (χ0) is 8.48. The van der Waals surface area contributed by atoms with Crippen LogP contribution in [-0.4, -0.2) is 15.7 Å². The van der Waals surface area contributed by atoms with Crippen LogP contribution < -0.4 is 0 Å². The second-order valence-electron chi connectivity index (χ2n) is 3.56. The topological polar surface area (TPSA) is 0 Å². The lowest BCUT2D eigenvalue weighted by atomic mass is 9.89. The minimum atomic E-state index is 0.286. The predicted octanol–water partition coefficient (Wildman–Crippen LogP) is 3.23. The molecule has 0 bridgehead atoms. The molecule has 0 aliphatic carbocycles. The van der Waals surface area contributed by atoms with Crippen LogP contribution in [0.15, 0.2) is 0 Å². The first-order valence-electron chi connectivity index (χ1n) is 4.46. The molecule has 66 valence electrons. The minimum absolute atomic E-state index is 0.286. The molecule has 3 atom stereocenters. The summed E-state index contributed by atoms with van der Waals surface area (Å²) in [7, 11) is 0. The maximum Gasteiger partial charge on any atom is 0.0256 e. The molecule has 0 aromatic carbocycles. The van der Waals surface area contributed by atoms with Crippen LogP contribution in [0, 0.1) is 5.92 Å². The molecule has 0 radical (unpaired) electrons. The Hall–Kier alpha value is 0.700. The molecule has 1 heterocycles. The van der Waals surface area contributed by atoms with Crippen LogP contribution in [0.25, 0.3) is 0 Å². The van der Waals surface area contributed by atoms with Crippen molar-refractivity contribution in [3.63, 3.8) is 0 Å². The summed E-state index contributed by atoms with van der Waals surface area (Å²) in [5, 5.41) is 0.774. The van der Waals surface area contributed by atoms with Crippen molar-refractivity contribution in [3.8, 4) is 0 Å². The van der Waals surface area contributed by atoms with Crippen molar-refractivity contribution < 1.29 is 0 Å². The molecule has 0 saturated carbocycles. The molecule has 1 fully saturated rings. The van der Waals surface area contributed by atoms with E-state index in [1.807, 2.05) is 0 Å². The van der Waals surface area contributed by atoms with Gasteiger partial charge in [0.15, 0.2) is 0 Å². The van der Waals surface area contributed by atoms with E-state index in [0.29, 0.717) is 0 Å². The van der Waals surface area contributed by atoms with E-state index in [0.717, 1.165) is 11.2 Å². The standard InChI is InChI=1S/C9H18S2/c1-4-7-6-11-8(5-2)9(7,3)10/h7-8,10H,4-6H2,1-3H3/t7?,8?,9-/m0/s1.